The summed E-state index contributed by atoms with van der Waals surface area (Å²) in [4.78, 5) is 12.4. The molecule has 0 aliphatic carbocycles. The quantitative estimate of drug-likeness (QED) is 0.0530. The molecule has 1 aromatic carbocycles. The molecule has 0 spiro atoms. The van der Waals surface area contributed by atoms with Gasteiger partial charge in [0.1, 0.15) is 0 Å². The lowest BCUT2D eigenvalue weighted by molar-refractivity contribution is 0.0351. The Morgan fingerprint density at radius 1 is 0.558 bits per heavy atom. The molecule has 0 saturated carbocycles. The molecule has 3 N–H and O–H groups in total. The van der Waals surface area contributed by atoms with Crippen LogP contribution in [0.5, 0.6) is 0 Å². The van der Waals surface area contributed by atoms with E-state index >= 15 is 0 Å². The van der Waals surface area contributed by atoms with Crippen LogP contribution in [-0.2, 0) is 16.1 Å². The number of benzene rings is 1. The van der Waals surface area contributed by atoms with Gasteiger partial charge in [-0.3, -0.25) is 4.79 Å². The molecule has 0 heterocycles. The Morgan fingerprint density at radius 2 is 0.904 bits per heavy atom. The highest BCUT2D eigenvalue weighted by Crippen LogP contribution is 2.17. The number of ketones is 1. The van der Waals surface area contributed by atoms with Gasteiger partial charge < -0.3 is 20.3 Å². The third kappa shape index (κ3) is 34.5. The van der Waals surface area contributed by atoms with Gasteiger partial charge in [0.25, 0.3) is 0 Å². The highest BCUT2D eigenvalue weighted by Gasteiger charge is 2.13. The van der Waals surface area contributed by atoms with Crippen molar-refractivity contribution >= 4 is 5.78 Å². The van der Waals surface area contributed by atoms with Gasteiger partial charge >= 0.3 is 0 Å². The van der Waals surface area contributed by atoms with Crippen LogP contribution in [0.25, 0.3) is 0 Å². The van der Waals surface area contributed by atoms with Gasteiger partial charge in [-0.1, -0.05) is 199 Å². The van der Waals surface area contributed by atoms with Gasteiger partial charge in [0.2, 0.25) is 0 Å². The standard InChI is InChI=1S/C28H48O3.C19H41NO/c1-4-5-6-7-8-9-10-11-12-13-14-15-16-25(3)31-23-24(2)21-28(30)27-19-17-26(22-29)18-20-27;1-4-5-6-7-8-9-10-11-12-13-14-15-16-19(3)21-17-18(2)20/h17-20,24-25,29H,4-16,21-23H2,1-3H3;18-19H,4-17,20H2,1-3H3. The minimum Gasteiger partial charge on any atom is -0.392 e. The molecule has 0 aromatic heterocycles. The van der Waals surface area contributed by atoms with Gasteiger partial charge in [-0.05, 0) is 45.1 Å². The minimum absolute atomic E-state index is 0.00972. The molecule has 5 heteroatoms. The van der Waals surface area contributed by atoms with Gasteiger partial charge in [0, 0.05) is 24.6 Å². The number of aliphatic hydroxyl groups is 1. The van der Waals surface area contributed by atoms with Gasteiger partial charge in [0.15, 0.2) is 5.78 Å². The maximum atomic E-state index is 12.4. The summed E-state index contributed by atoms with van der Waals surface area (Å²) >= 11 is 0. The molecule has 0 saturated heterocycles. The molecule has 0 bridgehead atoms. The zero-order valence-electron chi connectivity index (χ0n) is 35.6. The Balaban J connectivity index is 0.00000108. The zero-order valence-corrected chi connectivity index (χ0v) is 35.6. The summed E-state index contributed by atoms with van der Waals surface area (Å²) < 4.78 is 11.7. The smallest absolute Gasteiger partial charge is 0.163 e. The molecular weight excluding hydrogens is 643 g/mol. The Morgan fingerprint density at radius 3 is 1.25 bits per heavy atom. The van der Waals surface area contributed by atoms with Crippen molar-refractivity contribution in [3.8, 4) is 0 Å². The largest absolute Gasteiger partial charge is 0.392 e. The lowest BCUT2D eigenvalue weighted by Crippen LogP contribution is -2.24. The van der Waals surface area contributed by atoms with Crippen LogP contribution >= 0.6 is 0 Å². The van der Waals surface area contributed by atoms with Crippen molar-refractivity contribution < 1.29 is 19.4 Å². The monoisotopic (exact) mass is 732 g/mol. The highest BCUT2D eigenvalue weighted by atomic mass is 16.5. The molecule has 4 atom stereocenters. The molecular formula is C47H89NO4. The second kappa shape index (κ2) is 38.0. The molecule has 1 aromatic rings. The third-order valence-electron chi connectivity index (χ3n) is 10.2. The van der Waals surface area contributed by atoms with Crippen LogP contribution in [0, 0.1) is 5.92 Å². The second-order valence-corrected chi connectivity index (χ2v) is 16.2. The molecule has 4 unspecified atom stereocenters. The van der Waals surface area contributed by atoms with Crippen molar-refractivity contribution in [2.24, 2.45) is 11.7 Å². The maximum absolute atomic E-state index is 12.4. The first-order valence-corrected chi connectivity index (χ1v) is 22.4. The average Bonchev–Trinajstić information content (AvgIpc) is 3.14. The summed E-state index contributed by atoms with van der Waals surface area (Å²) in [5, 5.41) is 9.10. The number of carbonyl (C=O) groups is 1. The predicted octanol–water partition coefficient (Wildman–Crippen LogP) is 13.7. The Bertz CT molecular complexity index is 873. The van der Waals surface area contributed by atoms with E-state index in [1.165, 1.54) is 161 Å². The number of hydrogen-bond donors (Lipinski definition) is 2. The summed E-state index contributed by atoms with van der Waals surface area (Å²) in [5.74, 6) is 0.364. The first-order valence-electron chi connectivity index (χ1n) is 22.4. The molecule has 1 rings (SSSR count). The van der Waals surface area contributed by atoms with E-state index in [1.54, 1.807) is 12.1 Å². The van der Waals surface area contributed by atoms with Crippen LogP contribution in [0.15, 0.2) is 24.3 Å². The summed E-state index contributed by atoms with van der Waals surface area (Å²) in [6.45, 7) is 14.3. The number of ether oxygens (including phenoxy) is 2. The lowest BCUT2D eigenvalue weighted by atomic mass is 9.99. The third-order valence-corrected chi connectivity index (χ3v) is 10.2. The number of Topliss-reactive ketones (excluding diaryl/α,β-unsaturated/α-hetero) is 1. The molecule has 0 aliphatic heterocycles. The first kappa shape index (κ1) is 50.7. The predicted molar refractivity (Wildman–Crippen MR) is 226 cm³/mol. The average molecular weight is 732 g/mol. The van der Waals surface area contributed by atoms with Crippen LogP contribution in [0.3, 0.4) is 0 Å². The van der Waals surface area contributed by atoms with E-state index < -0.39 is 0 Å². The van der Waals surface area contributed by atoms with E-state index in [9.17, 15) is 4.79 Å². The van der Waals surface area contributed by atoms with E-state index in [0.717, 1.165) is 12.0 Å². The second-order valence-electron chi connectivity index (χ2n) is 16.2. The van der Waals surface area contributed by atoms with Crippen LogP contribution in [0.4, 0.5) is 0 Å². The van der Waals surface area contributed by atoms with Crippen LogP contribution in [-0.4, -0.2) is 42.4 Å². The lowest BCUT2D eigenvalue weighted by Gasteiger charge is -2.17. The number of carbonyl (C=O) groups excluding carboxylic acids is 1. The molecule has 0 radical (unpaired) electrons. The normalized spacial score (nSPS) is 13.7. The van der Waals surface area contributed by atoms with E-state index in [-0.39, 0.29) is 30.5 Å². The van der Waals surface area contributed by atoms with Gasteiger partial charge in [-0.15, -0.1) is 0 Å². The fraction of sp³-hybridized carbons (Fsp3) is 0.851. The zero-order chi connectivity index (χ0) is 38.5. The number of rotatable bonds is 36. The number of unbranched alkanes of at least 4 members (excludes halogenated alkanes) is 22. The van der Waals surface area contributed by atoms with E-state index in [1.807, 2.05) is 19.1 Å². The number of hydrogen-bond acceptors (Lipinski definition) is 5. The molecule has 0 aliphatic rings. The molecule has 52 heavy (non-hydrogen) atoms. The van der Waals surface area contributed by atoms with Crippen molar-refractivity contribution in [3.05, 3.63) is 35.4 Å². The molecule has 0 fully saturated rings. The summed E-state index contributed by atoms with van der Waals surface area (Å²) in [6.07, 6.45) is 36.9. The number of nitrogens with two attached hydrogens (primary N) is 1. The Kier molecular flexibility index (Phi) is 37.1. The van der Waals surface area contributed by atoms with Crippen molar-refractivity contribution in [1.29, 1.82) is 0 Å². The Hall–Kier alpha value is -1.27. The summed E-state index contributed by atoms with van der Waals surface area (Å²) in [7, 11) is 0. The molecule has 5 nitrogen and oxygen atoms in total. The van der Waals surface area contributed by atoms with E-state index in [0.29, 0.717) is 31.3 Å². The van der Waals surface area contributed by atoms with Crippen molar-refractivity contribution in [1.82, 2.24) is 0 Å². The minimum atomic E-state index is 0.00972. The van der Waals surface area contributed by atoms with Crippen LogP contribution in [0.2, 0.25) is 0 Å². The Labute approximate surface area is 324 Å². The van der Waals surface area contributed by atoms with Gasteiger partial charge in [0.05, 0.1) is 25.4 Å². The SMILES string of the molecule is CCCCCCCCCCCCCCC(C)OCC(C)CC(=O)c1ccc(CO)cc1.CCCCCCCCCCCCCCC(C)OCC(C)N. The fourth-order valence-corrected chi connectivity index (χ4v) is 6.65. The van der Waals surface area contributed by atoms with Crippen molar-refractivity contribution in [2.45, 2.75) is 240 Å². The van der Waals surface area contributed by atoms with Crippen LogP contribution in [0.1, 0.15) is 231 Å². The summed E-state index contributed by atoms with van der Waals surface area (Å²) in [5.41, 5.74) is 7.23. The topological polar surface area (TPSA) is 81.8 Å². The van der Waals surface area contributed by atoms with Gasteiger partial charge in [-0.2, -0.15) is 0 Å². The van der Waals surface area contributed by atoms with Gasteiger partial charge in [-0.25, -0.2) is 0 Å². The number of aliphatic hydroxyl groups excluding tert-OH is 1. The molecule has 0 amide bonds. The summed E-state index contributed by atoms with van der Waals surface area (Å²) in [6, 6.07) is 7.39. The first-order chi connectivity index (χ1) is 25.2. The van der Waals surface area contributed by atoms with Crippen molar-refractivity contribution in [3.63, 3.8) is 0 Å². The van der Waals surface area contributed by atoms with E-state index in [2.05, 4.69) is 34.6 Å². The maximum Gasteiger partial charge on any atom is 0.163 e. The van der Waals surface area contributed by atoms with Crippen LogP contribution < -0.4 is 5.73 Å². The van der Waals surface area contributed by atoms with E-state index in [4.69, 9.17) is 20.3 Å². The molecule has 306 valence electrons. The fourth-order valence-electron chi connectivity index (χ4n) is 6.65. The van der Waals surface area contributed by atoms with Crippen molar-refractivity contribution in [2.75, 3.05) is 13.2 Å². The highest BCUT2D eigenvalue weighted by molar-refractivity contribution is 5.96.